The van der Waals surface area contributed by atoms with Gasteiger partial charge in [-0.1, -0.05) is 28.9 Å². The minimum absolute atomic E-state index is 0.00961. The van der Waals surface area contributed by atoms with Crippen molar-refractivity contribution in [2.24, 2.45) is 0 Å². The smallest absolute Gasteiger partial charge is 0.322 e. The lowest BCUT2D eigenvalue weighted by Crippen LogP contribution is -2.14. The number of anilines is 1. The van der Waals surface area contributed by atoms with Crippen LogP contribution in [0.1, 0.15) is 29.5 Å². The van der Waals surface area contributed by atoms with E-state index in [-0.39, 0.29) is 35.4 Å². The zero-order chi connectivity index (χ0) is 21.0. The first kappa shape index (κ1) is 20.7. The van der Waals surface area contributed by atoms with E-state index in [4.69, 9.17) is 4.42 Å². The number of nitrogens with zero attached hydrogens (tertiary/aromatic N) is 2. The van der Waals surface area contributed by atoms with Gasteiger partial charge in [-0.15, -0.1) is 5.10 Å². The van der Waals surface area contributed by atoms with Gasteiger partial charge < -0.3 is 4.42 Å². The third kappa shape index (κ3) is 5.29. The zero-order valence-corrected chi connectivity index (χ0v) is 17.4. The van der Waals surface area contributed by atoms with E-state index in [9.17, 15) is 13.2 Å². The third-order valence-corrected chi connectivity index (χ3v) is 6.44. The number of nitrogens with one attached hydrogen (secondary N) is 1. The molecular formula is C21H23N3O4S. The molecule has 1 heterocycles. The maximum Gasteiger partial charge on any atom is 0.322 e. The van der Waals surface area contributed by atoms with Gasteiger partial charge in [0.05, 0.1) is 10.6 Å². The minimum Gasteiger partial charge on any atom is -0.403 e. The van der Waals surface area contributed by atoms with Crippen molar-refractivity contribution in [2.45, 2.75) is 38.5 Å². The molecule has 0 saturated carbocycles. The molecule has 0 spiro atoms. The summed E-state index contributed by atoms with van der Waals surface area (Å²) in [6.45, 7) is 5.89. The summed E-state index contributed by atoms with van der Waals surface area (Å²) in [7, 11) is -3.42. The van der Waals surface area contributed by atoms with E-state index in [2.05, 4.69) is 15.5 Å². The van der Waals surface area contributed by atoms with Crippen LogP contribution >= 0.6 is 0 Å². The van der Waals surface area contributed by atoms with E-state index in [0.717, 1.165) is 22.3 Å². The number of hydrogen-bond acceptors (Lipinski definition) is 6. The molecule has 2 aromatic carbocycles. The Morgan fingerprint density at radius 3 is 2.41 bits per heavy atom. The van der Waals surface area contributed by atoms with Gasteiger partial charge in [0.2, 0.25) is 11.8 Å². The fourth-order valence-electron chi connectivity index (χ4n) is 2.73. The highest BCUT2D eigenvalue weighted by Gasteiger charge is 2.16. The van der Waals surface area contributed by atoms with Crippen LogP contribution in [0.3, 0.4) is 0 Å². The Balaban J connectivity index is 1.54. The molecule has 7 nitrogen and oxygen atoms in total. The highest BCUT2D eigenvalue weighted by atomic mass is 32.2. The van der Waals surface area contributed by atoms with E-state index in [1.54, 1.807) is 24.3 Å². The van der Waals surface area contributed by atoms with Gasteiger partial charge in [-0.25, -0.2) is 8.42 Å². The molecule has 0 bridgehead atoms. The van der Waals surface area contributed by atoms with Gasteiger partial charge in [-0.3, -0.25) is 10.1 Å². The molecule has 0 radical (unpaired) electrons. The summed E-state index contributed by atoms with van der Waals surface area (Å²) in [5.41, 5.74) is 4.01. The highest BCUT2D eigenvalue weighted by Crippen LogP contribution is 2.22. The normalized spacial score (nSPS) is 11.4. The molecule has 0 unspecified atom stereocenters. The number of carbonyl (C=O) groups is 1. The van der Waals surface area contributed by atoms with Crippen LogP contribution in [0.4, 0.5) is 6.01 Å². The Kier molecular flexibility index (Phi) is 6.12. The number of aromatic nitrogens is 2. The zero-order valence-electron chi connectivity index (χ0n) is 16.6. The molecule has 1 N–H and O–H groups in total. The Hall–Kier alpha value is -3.00. The number of carbonyl (C=O) groups excluding carboxylic acids is 1. The predicted molar refractivity (Wildman–Crippen MR) is 110 cm³/mol. The predicted octanol–water partition coefficient (Wildman–Crippen LogP) is 3.85. The molecule has 3 rings (SSSR count). The average Bonchev–Trinajstić information content (AvgIpc) is 3.12. The number of hydrogen-bond donors (Lipinski definition) is 1. The quantitative estimate of drug-likeness (QED) is 0.631. The average molecular weight is 413 g/mol. The molecule has 0 aliphatic heterocycles. The first-order chi connectivity index (χ1) is 13.7. The lowest BCUT2D eigenvalue weighted by atomic mass is 10.1. The summed E-state index contributed by atoms with van der Waals surface area (Å²) in [6, 6.07) is 12.4. The first-order valence-electron chi connectivity index (χ1n) is 9.25. The van der Waals surface area contributed by atoms with Crippen molar-refractivity contribution in [3.63, 3.8) is 0 Å². The maximum absolute atomic E-state index is 12.3. The van der Waals surface area contributed by atoms with Crippen LogP contribution in [0.2, 0.25) is 0 Å². The molecule has 1 amide bonds. The van der Waals surface area contributed by atoms with Gasteiger partial charge in [-0.05, 0) is 62.6 Å². The molecule has 8 heteroatoms. The Morgan fingerprint density at radius 1 is 1.00 bits per heavy atom. The lowest BCUT2D eigenvalue weighted by Gasteiger charge is -2.05. The second kappa shape index (κ2) is 8.57. The van der Waals surface area contributed by atoms with E-state index in [1.807, 2.05) is 39.0 Å². The Morgan fingerprint density at radius 2 is 1.72 bits per heavy atom. The fraction of sp³-hybridized carbons (Fsp3) is 0.286. The van der Waals surface area contributed by atoms with Crippen molar-refractivity contribution in [3.8, 4) is 11.5 Å². The second-order valence-electron chi connectivity index (χ2n) is 7.00. The van der Waals surface area contributed by atoms with Crippen LogP contribution < -0.4 is 5.32 Å². The first-order valence-corrected chi connectivity index (χ1v) is 10.9. The number of sulfone groups is 1. The van der Waals surface area contributed by atoms with E-state index >= 15 is 0 Å². The van der Waals surface area contributed by atoms with E-state index in [1.165, 1.54) is 0 Å². The minimum atomic E-state index is -3.42. The van der Waals surface area contributed by atoms with E-state index in [0.29, 0.717) is 5.89 Å². The Bertz CT molecular complexity index is 1120. The van der Waals surface area contributed by atoms with Crippen LogP contribution in [-0.2, 0) is 14.6 Å². The second-order valence-corrected chi connectivity index (χ2v) is 9.10. The van der Waals surface area contributed by atoms with Crippen molar-refractivity contribution in [2.75, 3.05) is 11.1 Å². The summed E-state index contributed by atoms with van der Waals surface area (Å²) in [5.74, 6) is -0.175. The van der Waals surface area contributed by atoms with Crippen LogP contribution in [0.25, 0.3) is 11.5 Å². The van der Waals surface area contributed by atoms with Gasteiger partial charge in [0.25, 0.3) is 0 Å². The molecule has 0 fully saturated rings. The number of amides is 1. The molecule has 29 heavy (non-hydrogen) atoms. The third-order valence-electron chi connectivity index (χ3n) is 4.62. The molecule has 3 aromatic rings. The van der Waals surface area contributed by atoms with Gasteiger partial charge in [0, 0.05) is 12.0 Å². The summed E-state index contributed by atoms with van der Waals surface area (Å²) in [5, 5.41) is 10.3. The van der Waals surface area contributed by atoms with E-state index < -0.39 is 9.84 Å². The SMILES string of the molecule is Cc1ccc(S(=O)(=O)CCCC(=O)Nc2nnc(-c3ccc(C)c(C)c3)o2)cc1. The molecule has 1 aromatic heterocycles. The molecule has 0 atom stereocenters. The van der Waals surface area contributed by atoms with Gasteiger partial charge in [-0.2, -0.15) is 0 Å². The van der Waals surface area contributed by atoms with Crippen LogP contribution in [-0.4, -0.2) is 30.3 Å². The largest absolute Gasteiger partial charge is 0.403 e. The van der Waals surface area contributed by atoms with Crippen LogP contribution in [0.15, 0.2) is 51.8 Å². The van der Waals surface area contributed by atoms with Gasteiger partial charge >= 0.3 is 6.01 Å². The van der Waals surface area contributed by atoms with Crippen molar-refractivity contribution < 1.29 is 17.6 Å². The number of aryl methyl sites for hydroxylation is 3. The number of rotatable bonds is 7. The van der Waals surface area contributed by atoms with Crippen molar-refractivity contribution in [1.82, 2.24) is 10.2 Å². The van der Waals surface area contributed by atoms with Crippen molar-refractivity contribution in [3.05, 3.63) is 59.2 Å². The Labute approximate surface area is 170 Å². The van der Waals surface area contributed by atoms with Crippen LogP contribution in [0.5, 0.6) is 0 Å². The summed E-state index contributed by atoms with van der Waals surface area (Å²) in [6.07, 6.45) is 0.229. The van der Waals surface area contributed by atoms with Gasteiger partial charge in [0.15, 0.2) is 9.84 Å². The fourth-order valence-corrected chi connectivity index (χ4v) is 4.04. The monoisotopic (exact) mass is 413 g/mol. The summed E-state index contributed by atoms with van der Waals surface area (Å²) >= 11 is 0. The van der Waals surface area contributed by atoms with Gasteiger partial charge in [0.1, 0.15) is 0 Å². The standard InChI is InChI=1S/C21H23N3O4S/c1-14-6-10-18(11-7-14)29(26,27)12-4-5-19(25)22-21-24-23-20(28-21)17-9-8-15(2)16(3)13-17/h6-11,13H,4-5,12H2,1-3H3,(H,22,24,25). The topological polar surface area (TPSA) is 102 Å². The van der Waals surface area contributed by atoms with Crippen LogP contribution in [0, 0.1) is 20.8 Å². The summed E-state index contributed by atoms with van der Waals surface area (Å²) < 4.78 is 30.1. The van der Waals surface area contributed by atoms with Crippen molar-refractivity contribution >= 4 is 21.8 Å². The molecule has 0 saturated heterocycles. The molecule has 152 valence electrons. The molecular weight excluding hydrogens is 390 g/mol. The lowest BCUT2D eigenvalue weighted by molar-refractivity contribution is -0.116. The highest BCUT2D eigenvalue weighted by molar-refractivity contribution is 7.91. The molecule has 0 aliphatic carbocycles. The maximum atomic E-state index is 12.3. The van der Waals surface area contributed by atoms with Crippen molar-refractivity contribution in [1.29, 1.82) is 0 Å². The number of benzene rings is 2. The molecule has 0 aliphatic rings. The summed E-state index contributed by atoms with van der Waals surface area (Å²) in [4.78, 5) is 12.4.